The smallest absolute Gasteiger partial charge is 0.446 e. The van der Waals surface area contributed by atoms with Crippen LogP contribution in [0.2, 0.25) is 5.02 Å². The first-order valence-electron chi connectivity index (χ1n) is 7.98. The van der Waals surface area contributed by atoms with Gasteiger partial charge in [0.2, 0.25) is 0 Å². The number of hydrogen-bond acceptors (Lipinski definition) is 4. The summed E-state index contributed by atoms with van der Waals surface area (Å²) < 4.78 is 91.6. The van der Waals surface area contributed by atoms with Gasteiger partial charge in [-0.1, -0.05) is 11.6 Å². The minimum atomic E-state index is -4.76. The molecule has 1 aliphatic carbocycles. The predicted molar refractivity (Wildman–Crippen MR) is 93.1 cm³/mol. The molecule has 0 bridgehead atoms. The average Bonchev–Trinajstić information content (AvgIpc) is 2.80. The van der Waals surface area contributed by atoms with Crippen LogP contribution in [0.4, 0.5) is 26.3 Å². The molecule has 0 saturated carbocycles. The van der Waals surface area contributed by atoms with Crippen molar-refractivity contribution in [2.24, 2.45) is 0 Å². The molecule has 3 nitrogen and oxygen atoms in total. The third-order valence-electron chi connectivity index (χ3n) is 3.92. The van der Waals surface area contributed by atoms with E-state index in [2.05, 4.69) is 0 Å². The lowest BCUT2D eigenvalue weighted by molar-refractivity contribution is -0.150. The second-order valence-electron chi connectivity index (χ2n) is 6.02. The maximum Gasteiger partial charge on any atom is 0.446 e. The van der Waals surface area contributed by atoms with E-state index < -0.39 is 63.5 Å². The molecule has 11 heteroatoms. The van der Waals surface area contributed by atoms with Crippen LogP contribution in [0.15, 0.2) is 35.2 Å². The van der Waals surface area contributed by atoms with Crippen LogP contribution in [-0.4, -0.2) is 17.6 Å². The molecule has 156 valence electrons. The largest absolute Gasteiger partial charge is 0.457 e. The van der Waals surface area contributed by atoms with E-state index in [0.29, 0.717) is 0 Å². The Balaban J connectivity index is 2.13. The van der Waals surface area contributed by atoms with Crippen LogP contribution < -0.4 is 4.74 Å². The summed E-state index contributed by atoms with van der Waals surface area (Å²) in [7, 11) is 0. The molecule has 0 aliphatic heterocycles. The summed E-state index contributed by atoms with van der Waals surface area (Å²) in [5.41, 5.74) is -5.78. The molecule has 0 saturated heterocycles. The van der Waals surface area contributed by atoms with Gasteiger partial charge >= 0.3 is 11.5 Å². The highest BCUT2D eigenvalue weighted by Crippen LogP contribution is 2.54. The minimum absolute atomic E-state index is 0.0427. The standard InChI is InChI=1S/C18H11ClF6O3S/c1-7(26)27-17-14-12(29-18(23,24)25)3-2-11(13(14)15(21)16(17)22)28-10-5-8(19)4-9(20)6-10/h2-6,15-17H,1H3/t15-,16-,17+/m1/s1. The van der Waals surface area contributed by atoms with Gasteiger partial charge in [0.05, 0.1) is 0 Å². The van der Waals surface area contributed by atoms with Gasteiger partial charge < -0.3 is 9.47 Å². The van der Waals surface area contributed by atoms with E-state index in [1.165, 1.54) is 6.07 Å². The molecule has 0 amide bonds. The SMILES string of the molecule is CC(=O)O[C@H]1c2c(SC(F)(F)F)ccc(Oc3cc(F)cc(Cl)c3)c2[C@@H](F)[C@H]1F. The highest BCUT2D eigenvalue weighted by molar-refractivity contribution is 8.00. The van der Waals surface area contributed by atoms with Crippen LogP contribution in [0, 0.1) is 5.82 Å². The predicted octanol–water partition coefficient (Wildman–Crippen LogP) is 6.85. The van der Waals surface area contributed by atoms with E-state index in [0.717, 1.165) is 31.2 Å². The molecule has 3 atom stereocenters. The summed E-state index contributed by atoms with van der Waals surface area (Å²) in [6.07, 6.45) is -6.76. The van der Waals surface area contributed by atoms with E-state index >= 15 is 0 Å². The summed E-state index contributed by atoms with van der Waals surface area (Å²) in [6, 6.07) is 5.02. The zero-order valence-corrected chi connectivity index (χ0v) is 16.0. The van der Waals surface area contributed by atoms with Gasteiger partial charge in [0.1, 0.15) is 17.3 Å². The van der Waals surface area contributed by atoms with Crippen LogP contribution in [-0.2, 0) is 9.53 Å². The number of thioether (sulfide) groups is 1. The van der Waals surface area contributed by atoms with E-state index in [4.69, 9.17) is 21.1 Å². The Kier molecular flexibility index (Phi) is 5.96. The molecule has 0 aromatic heterocycles. The Labute approximate surface area is 169 Å². The van der Waals surface area contributed by atoms with Gasteiger partial charge in [-0.3, -0.25) is 4.79 Å². The molecular weight excluding hydrogens is 446 g/mol. The number of ether oxygens (including phenoxy) is 2. The Bertz CT molecular complexity index is 932. The Morgan fingerprint density at radius 2 is 1.83 bits per heavy atom. The van der Waals surface area contributed by atoms with Gasteiger partial charge in [-0.2, -0.15) is 13.2 Å². The van der Waals surface area contributed by atoms with Crippen molar-refractivity contribution < 1.29 is 40.6 Å². The van der Waals surface area contributed by atoms with Crippen molar-refractivity contribution in [3.05, 3.63) is 52.3 Å². The molecule has 2 aromatic carbocycles. The quantitative estimate of drug-likeness (QED) is 0.286. The number of hydrogen-bond donors (Lipinski definition) is 0. The molecule has 2 aromatic rings. The van der Waals surface area contributed by atoms with Crippen molar-refractivity contribution in [1.82, 2.24) is 0 Å². The summed E-state index contributed by atoms with van der Waals surface area (Å²) >= 11 is 5.12. The van der Waals surface area contributed by atoms with Crippen LogP contribution >= 0.6 is 23.4 Å². The van der Waals surface area contributed by atoms with Gasteiger partial charge in [0.25, 0.3) is 0 Å². The number of fused-ring (bicyclic) bond motifs is 1. The first-order chi connectivity index (χ1) is 13.5. The molecule has 0 fully saturated rings. The molecule has 0 heterocycles. The van der Waals surface area contributed by atoms with Gasteiger partial charge in [-0.15, -0.1) is 0 Å². The van der Waals surface area contributed by atoms with Gasteiger partial charge in [0, 0.05) is 34.0 Å². The van der Waals surface area contributed by atoms with Crippen molar-refractivity contribution in [2.75, 3.05) is 0 Å². The first kappa shape index (κ1) is 21.6. The minimum Gasteiger partial charge on any atom is -0.457 e. The van der Waals surface area contributed by atoms with Crippen LogP contribution in [0.5, 0.6) is 11.5 Å². The summed E-state index contributed by atoms with van der Waals surface area (Å²) in [6.45, 7) is 0.920. The van der Waals surface area contributed by atoms with Crippen LogP contribution in [0.3, 0.4) is 0 Å². The van der Waals surface area contributed by atoms with Gasteiger partial charge in [0.15, 0.2) is 18.4 Å². The molecule has 0 N–H and O–H groups in total. The molecule has 0 spiro atoms. The number of benzene rings is 2. The Morgan fingerprint density at radius 3 is 2.41 bits per heavy atom. The van der Waals surface area contributed by atoms with E-state index in [-0.39, 0.29) is 16.5 Å². The second kappa shape index (κ2) is 7.98. The topological polar surface area (TPSA) is 35.5 Å². The van der Waals surface area contributed by atoms with E-state index in [9.17, 15) is 31.1 Å². The highest BCUT2D eigenvalue weighted by atomic mass is 35.5. The normalized spacial score (nSPS) is 21.0. The number of alkyl halides is 5. The molecule has 0 unspecified atom stereocenters. The number of carbonyl (C=O) groups excluding carboxylic acids is 1. The zero-order chi connectivity index (χ0) is 21.5. The molecule has 0 radical (unpaired) electrons. The zero-order valence-electron chi connectivity index (χ0n) is 14.4. The summed E-state index contributed by atoms with van der Waals surface area (Å²) in [5.74, 6) is -2.29. The molecule has 3 rings (SSSR count). The van der Waals surface area contributed by atoms with Crippen molar-refractivity contribution >= 4 is 29.3 Å². The maximum absolute atomic E-state index is 14.7. The molecule has 29 heavy (non-hydrogen) atoms. The summed E-state index contributed by atoms with van der Waals surface area (Å²) in [5, 5.41) is -0.0427. The van der Waals surface area contributed by atoms with Crippen molar-refractivity contribution in [1.29, 1.82) is 0 Å². The van der Waals surface area contributed by atoms with Gasteiger partial charge in [-0.05, 0) is 36.0 Å². The second-order valence-corrected chi connectivity index (χ2v) is 7.56. The highest BCUT2D eigenvalue weighted by Gasteiger charge is 2.48. The third-order valence-corrected chi connectivity index (χ3v) is 4.94. The number of carbonyl (C=O) groups is 1. The monoisotopic (exact) mass is 456 g/mol. The fourth-order valence-corrected chi connectivity index (χ4v) is 3.90. The molecule has 1 aliphatic rings. The third kappa shape index (κ3) is 4.75. The fraction of sp³-hybridized carbons (Fsp3) is 0.278. The fourth-order valence-electron chi connectivity index (χ4n) is 2.97. The Hall–Kier alpha value is -2.07. The van der Waals surface area contributed by atoms with Crippen LogP contribution in [0.1, 0.15) is 30.3 Å². The van der Waals surface area contributed by atoms with E-state index in [1.54, 1.807) is 0 Å². The van der Waals surface area contributed by atoms with Crippen LogP contribution in [0.25, 0.3) is 0 Å². The Morgan fingerprint density at radius 1 is 1.14 bits per heavy atom. The number of halogens is 7. The number of rotatable bonds is 4. The number of esters is 1. The van der Waals surface area contributed by atoms with Crippen molar-refractivity contribution in [3.63, 3.8) is 0 Å². The molecular formula is C18H11ClF6O3S. The van der Waals surface area contributed by atoms with E-state index in [1.807, 2.05) is 0 Å². The van der Waals surface area contributed by atoms with Gasteiger partial charge in [-0.25, -0.2) is 13.2 Å². The summed E-state index contributed by atoms with van der Waals surface area (Å²) in [4.78, 5) is 10.7. The first-order valence-corrected chi connectivity index (χ1v) is 9.17. The maximum atomic E-state index is 14.7. The lowest BCUT2D eigenvalue weighted by atomic mass is 10.1. The lowest BCUT2D eigenvalue weighted by Crippen LogP contribution is -2.17. The van der Waals surface area contributed by atoms with Crippen molar-refractivity contribution in [3.8, 4) is 11.5 Å². The average molecular weight is 457 g/mol. The lowest BCUT2D eigenvalue weighted by Gasteiger charge is -2.18. The van der Waals surface area contributed by atoms with Crippen molar-refractivity contribution in [2.45, 2.75) is 35.8 Å².